The van der Waals surface area contributed by atoms with Crippen LogP contribution in [0.3, 0.4) is 0 Å². The standard InChI is InChI=1S/C16H23N3O/c1-5-16(13-6-8-15(20-4)9-7-13)17-10-14-11-19(3)18-12(14)2/h6-9,11,16-17H,5,10H2,1-4H3. The molecule has 2 rings (SSSR count). The van der Waals surface area contributed by atoms with Gasteiger partial charge in [0.25, 0.3) is 0 Å². The molecule has 0 fully saturated rings. The molecule has 1 atom stereocenters. The van der Waals surface area contributed by atoms with Crippen LogP contribution >= 0.6 is 0 Å². The summed E-state index contributed by atoms with van der Waals surface area (Å²) in [4.78, 5) is 0. The number of nitrogens with zero attached hydrogens (tertiary/aromatic N) is 2. The summed E-state index contributed by atoms with van der Waals surface area (Å²) in [5, 5.41) is 7.97. The number of aromatic nitrogens is 2. The van der Waals surface area contributed by atoms with Crippen molar-refractivity contribution in [3.8, 4) is 5.75 Å². The molecular formula is C16H23N3O. The third-order valence-corrected chi connectivity index (χ3v) is 3.58. The fourth-order valence-corrected chi connectivity index (χ4v) is 2.39. The Morgan fingerprint density at radius 2 is 2.00 bits per heavy atom. The van der Waals surface area contributed by atoms with Gasteiger partial charge in [-0.25, -0.2) is 0 Å². The molecular weight excluding hydrogens is 250 g/mol. The van der Waals surface area contributed by atoms with Gasteiger partial charge >= 0.3 is 0 Å². The van der Waals surface area contributed by atoms with Crippen molar-refractivity contribution in [2.45, 2.75) is 32.9 Å². The van der Waals surface area contributed by atoms with Gasteiger partial charge in [-0.3, -0.25) is 4.68 Å². The van der Waals surface area contributed by atoms with Crippen LogP contribution in [0.25, 0.3) is 0 Å². The Balaban J connectivity index is 2.03. The van der Waals surface area contributed by atoms with E-state index in [2.05, 4.69) is 35.7 Å². The van der Waals surface area contributed by atoms with E-state index in [0.717, 1.165) is 24.4 Å². The van der Waals surface area contributed by atoms with Crippen molar-refractivity contribution >= 4 is 0 Å². The SMILES string of the molecule is CCC(NCc1cn(C)nc1C)c1ccc(OC)cc1. The van der Waals surface area contributed by atoms with E-state index < -0.39 is 0 Å². The highest BCUT2D eigenvalue weighted by Gasteiger charge is 2.10. The first-order valence-corrected chi connectivity index (χ1v) is 7.00. The fraction of sp³-hybridized carbons (Fsp3) is 0.438. The highest BCUT2D eigenvalue weighted by molar-refractivity contribution is 5.29. The van der Waals surface area contributed by atoms with Crippen LogP contribution < -0.4 is 10.1 Å². The zero-order valence-electron chi connectivity index (χ0n) is 12.7. The maximum atomic E-state index is 5.20. The lowest BCUT2D eigenvalue weighted by Crippen LogP contribution is -2.20. The van der Waals surface area contributed by atoms with E-state index in [1.807, 2.05) is 30.8 Å². The lowest BCUT2D eigenvalue weighted by atomic mass is 10.0. The maximum absolute atomic E-state index is 5.20. The number of benzene rings is 1. The molecule has 0 radical (unpaired) electrons. The zero-order valence-corrected chi connectivity index (χ0v) is 12.7. The average molecular weight is 273 g/mol. The van der Waals surface area contributed by atoms with Crippen molar-refractivity contribution in [2.75, 3.05) is 7.11 Å². The molecule has 1 N–H and O–H groups in total. The molecule has 1 aromatic carbocycles. The summed E-state index contributed by atoms with van der Waals surface area (Å²) in [7, 11) is 3.65. The Morgan fingerprint density at radius 3 is 2.50 bits per heavy atom. The molecule has 4 nitrogen and oxygen atoms in total. The molecule has 108 valence electrons. The van der Waals surface area contributed by atoms with Gasteiger partial charge in [0.2, 0.25) is 0 Å². The van der Waals surface area contributed by atoms with Crippen molar-refractivity contribution < 1.29 is 4.74 Å². The molecule has 0 saturated carbocycles. The monoisotopic (exact) mass is 273 g/mol. The van der Waals surface area contributed by atoms with Crippen LogP contribution in [0.15, 0.2) is 30.5 Å². The van der Waals surface area contributed by atoms with Crippen molar-refractivity contribution in [3.05, 3.63) is 47.3 Å². The lowest BCUT2D eigenvalue weighted by molar-refractivity contribution is 0.414. The molecule has 1 aromatic heterocycles. The lowest BCUT2D eigenvalue weighted by Gasteiger charge is -2.17. The van der Waals surface area contributed by atoms with Gasteiger partial charge < -0.3 is 10.1 Å². The van der Waals surface area contributed by atoms with Crippen LogP contribution in [0.2, 0.25) is 0 Å². The van der Waals surface area contributed by atoms with Crippen molar-refractivity contribution in [2.24, 2.45) is 7.05 Å². The molecule has 1 unspecified atom stereocenters. The summed E-state index contributed by atoms with van der Waals surface area (Å²) in [6.07, 6.45) is 3.12. The Hall–Kier alpha value is -1.81. The minimum absolute atomic E-state index is 0.348. The predicted molar refractivity (Wildman–Crippen MR) is 80.8 cm³/mol. The summed E-state index contributed by atoms with van der Waals surface area (Å²) >= 11 is 0. The first-order chi connectivity index (χ1) is 9.63. The van der Waals surface area contributed by atoms with E-state index in [4.69, 9.17) is 4.74 Å². The topological polar surface area (TPSA) is 39.1 Å². The smallest absolute Gasteiger partial charge is 0.118 e. The van der Waals surface area contributed by atoms with Crippen LogP contribution in [0.1, 0.15) is 36.2 Å². The minimum atomic E-state index is 0.348. The first kappa shape index (κ1) is 14.6. The molecule has 20 heavy (non-hydrogen) atoms. The molecule has 0 aliphatic carbocycles. The Kier molecular flexibility index (Phi) is 4.79. The molecule has 0 saturated heterocycles. The second-order valence-corrected chi connectivity index (χ2v) is 5.03. The summed E-state index contributed by atoms with van der Waals surface area (Å²) in [6.45, 7) is 5.08. The van der Waals surface area contributed by atoms with Gasteiger partial charge in [-0.05, 0) is 31.0 Å². The van der Waals surface area contributed by atoms with Crippen molar-refractivity contribution in [3.63, 3.8) is 0 Å². The predicted octanol–water partition coefficient (Wildman–Crippen LogP) is 2.98. The largest absolute Gasteiger partial charge is 0.497 e. The van der Waals surface area contributed by atoms with Crippen LogP contribution in [-0.2, 0) is 13.6 Å². The number of rotatable bonds is 6. The van der Waals surface area contributed by atoms with Gasteiger partial charge in [0, 0.05) is 31.4 Å². The quantitative estimate of drug-likeness (QED) is 0.879. The highest BCUT2D eigenvalue weighted by atomic mass is 16.5. The normalized spacial score (nSPS) is 12.4. The molecule has 1 heterocycles. The van der Waals surface area contributed by atoms with Gasteiger partial charge in [-0.15, -0.1) is 0 Å². The number of aryl methyl sites for hydroxylation is 2. The zero-order chi connectivity index (χ0) is 14.5. The van der Waals surface area contributed by atoms with Gasteiger partial charge in [0.1, 0.15) is 5.75 Å². The summed E-state index contributed by atoms with van der Waals surface area (Å²) in [5.41, 5.74) is 3.62. The second kappa shape index (κ2) is 6.57. The van der Waals surface area contributed by atoms with Gasteiger partial charge in [-0.1, -0.05) is 19.1 Å². The maximum Gasteiger partial charge on any atom is 0.118 e. The average Bonchev–Trinajstić information content (AvgIpc) is 2.78. The molecule has 0 aliphatic heterocycles. The summed E-state index contributed by atoms with van der Waals surface area (Å²) < 4.78 is 7.06. The highest BCUT2D eigenvalue weighted by Crippen LogP contribution is 2.20. The Morgan fingerprint density at radius 1 is 1.30 bits per heavy atom. The Bertz CT molecular complexity index is 545. The van der Waals surface area contributed by atoms with Crippen molar-refractivity contribution in [1.29, 1.82) is 0 Å². The van der Waals surface area contributed by atoms with Gasteiger partial charge in [0.15, 0.2) is 0 Å². The van der Waals surface area contributed by atoms with E-state index in [9.17, 15) is 0 Å². The first-order valence-electron chi connectivity index (χ1n) is 7.00. The molecule has 2 aromatic rings. The summed E-state index contributed by atoms with van der Waals surface area (Å²) in [6, 6.07) is 8.61. The van der Waals surface area contributed by atoms with E-state index in [1.54, 1.807) is 7.11 Å². The molecule has 4 heteroatoms. The third-order valence-electron chi connectivity index (χ3n) is 3.58. The Labute approximate surface area is 120 Å². The molecule has 0 bridgehead atoms. The van der Waals surface area contributed by atoms with Gasteiger partial charge in [-0.2, -0.15) is 5.10 Å². The third kappa shape index (κ3) is 3.39. The van der Waals surface area contributed by atoms with Crippen molar-refractivity contribution in [1.82, 2.24) is 15.1 Å². The van der Waals surface area contributed by atoms with Crippen LogP contribution in [0.4, 0.5) is 0 Å². The van der Waals surface area contributed by atoms with E-state index in [1.165, 1.54) is 11.1 Å². The number of hydrogen-bond donors (Lipinski definition) is 1. The number of hydrogen-bond acceptors (Lipinski definition) is 3. The van der Waals surface area contributed by atoms with E-state index in [-0.39, 0.29) is 0 Å². The summed E-state index contributed by atoms with van der Waals surface area (Å²) in [5.74, 6) is 0.895. The van der Waals surface area contributed by atoms with Crippen LogP contribution in [0, 0.1) is 6.92 Å². The fourth-order valence-electron chi connectivity index (χ4n) is 2.39. The number of methoxy groups -OCH3 is 1. The second-order valence-electron chi connectivity index (χ2n) is 5.03. The number of nitrogens with one attached hydrogen (secondary N) is 1. The van der Waals surface area contributed by atoms with Crippen LogP contribution in [-0.4, -0.2) is 16.9 Å². The molecule has 0 aliphatic rings. The van der Waals surface area contributed by atoms with E-state index in [0.29, 0.717) is 6.04 Å². The molecule has 0 amide bonds. The van der Waals surface area contributed by atoms with Gasteiger partial charge in [0.05, 0.1) is 12.8 Å². The number of ether oxygens (including phenoxy) is 1. The minimum Gasteiger partial charge on any atom is -0.497 e. The van der Waals surface area contributed by atoms with Crippen LogP contribution in [0.5, 0.6) is 5.75 Å². The molecule has 0 spiro atoms. The van der Waals surface area contributed by atoms with E-state index >= 15 is 0 Å².